The molecule has 1 atom stereocenters. The maximum atomic E-state index is 12.8. The lowest BCUT2D eigenvalue weighted by Gasteiger charge is -2.25. The average Bonchev–Trinajstić information content (AvgIpc) is 2.77. The molecule has 2 heterocycles. The molecule has 0 aromatic heterocycles. The van der Waals surface area contributed by atoms with Crippen molar-refractivity contribution >= 4 is 0 Å². The fourth-order valence-corrected chi connectivity index (χ4v) is 3.53. The van der Waals surface area contributed by atoms with Gasteiger partial charge in [-0.15, -0.1) is 0 Å². The van der Waals surface area contributed by atoms with Gasteiger partial charge >= 0.3 is 6.18 Å². The molecule has 2 aliphatic rings. The number of rotatable bonds is 2. The number of halogens is 3. The first kappa shape index (κ1) is 14.9. The van der Waals surface area contributed by atoms with Gasteiger partial charge < -0.3 is 0 Å². The smallest absolute Gasteiger partial charge is 0.299 e. The highest BCUT2D eigenvalue weighted by atomic mass is 19.4. The molecule has 5 heteroatoms. The Morgan fingerprint density at radius 2 is 1.90 bits per heavy atom. The van der Waals surface area contributed by atoms with Gasteiger partial charge in [0.2, 0.25) is 0 Å². The van der Waals surface area contributed by atoms with Crippen molar-refractivity contribution in [3.63, 3.8) is 0 Å². The van der Waals surface area contributed by atoms with Crippen molar-refractivity contribution in [1.82, 2.24) is 9.80 Å². The Kier molecular flexibility index (Phi) is 4.22. The van der Waals surface area contributed by atoms with Crippen LogP contribution in [0.1, 0.15) is 30.4 Å². The van der Waals surface area contributed by atoms with Crippen molar-refractivity contribution in [2.75, 3.05) is 26.2 Å². The van der Waals surface area contributed by atoms with E-state index < -0.39 is 11.7 Å². The fraction of sp³-hybridized carbons (Fsp3) is 0.625. The van der Waals surface area contributed by atoms with E-state index in [9.17, 15) is 13.2 Å². The summed E-state index contributed by atoms with van der Waals surface area (Å²) in [6.45, 7) is 4.89. The van der Waals surface area contributed by atoms with Crippen molar-refractivity contribution in [2.24, 2.45) is 0 Å². The van der Waals surface area contributed by atoms with Crippen LogP contribution in [0.5, 0.6) is 0 Å². The SMILES string of the molecule is FC(F)(F)c1cccc(CN2CCCN3CCCC3C2)c1. The summed E-state index contributed by atoms with van der Waals surface area (Å²) >= 11 is 0. The molecule has 0 saturated carbocycles. The molecule has 0 aliphatic carbocycles. The van der Waals surface area contributed by atoms with E-state index in [0.717, 1.165) is 37.7 Å². The van der Waals surface area contributed by atoms with Gasteiger partial charge in [-0.1, -0.05) is 18.2 Å². The first-order chi connectivity index (χ1) is 10.0. The molecule has 0 N–H and O–H groups in total. The zero-order chi connectivity index (χ0) is 14.9. The van der Waals surface area contributed by atoms with E-state index in [0.29, 0.717) is 12.6 Å². The fourth-order valence-electron chi connectivity index (χ4n) is 3.53. The minimum absolute atomic E-state index is 0.544. The van der Waals surface area contributed by atoms with Crippen molar-refractivity contribution in [1.29, 1.82) is 0 Å². The van der Waals surface area contributed by atoms with Crippen molar-refractivity contribution in [2.45, 2.75) is 38.0 Å². The summed E-state index contributed by atoms with van der Waals surface area (Å²) in [5.74, 6) is 0. The summed E-state index contributed by atoms with van der Waals surface area (Å²) in [7, 11) is 0. The molecule has 1 aromatic rings. The highest BCUT2D eigenvalue weighted by molar-refractivity contribution is 5.25. The standard InChI is InChI=1S/C16H21F3N2/c17-16(18,19)14-5-1-4-13(10-14)11-20-7-3-9-21-8-2-6-15(21)12-20/h1,4-5,10,15H,2-3,6-9,11-12H2. The third-order valence-electron chi connectivity index (χ3n) is 4.55. The number of benzene rings is 1. The summed E-state index contributed by atoms with van der Waals surface area (Å²) in [5.41, 5.74) is 0.216. The molecular formula is C16H21F3N2. The lowest BCUT2D eigenvalue weighted by molar-refractivity contribution is -0.137. The Labute approximate surface area is 123 Å². The van der Waals surface area contributed by atoms with Gasteiger partial charge in [-0.3, -0.25) is 9.80 Å². The molecule has 0 bridgehead atoms. The van der Waals surface area contributed by atoms with E-state index in [2.05, 4.69) is 9.80 Å². The van der Waals surface area contributed by atoms with E-state index in [1.165, 1.54) is 31.5 Å². The first-order valence-electron chi connectivity index (χ1n) is 7.65. The minimum atomic E-state index is -4.25. The molecule has 2 aliphatic heterocycles. The van der Waals surface area contributed by atoms with E-state index in [4.69, 9.17) is 0 Å². The Morgan fingerprint density at radius 3 is 2.71 bits per heavy atom. The predicted octanol–water partition coefficient (Wildman–Crippen LogP) is 3.38. The van der Waals surface area contributed by atoms with Crippen LogP contribution >= 0.6 is 0 Å². The van der Waals surface area contributed by atoms with Crippen LogP contribution in [0.25, 0.3) is 0 Å². The zero-order valence-corrected chi connectivity index (χ0v) is 12.1. The molecule has 0 spiro atoms. The van der Waals surface area contributed by atoms with E-state index in [1.807, 2.05) is 0 Å². The summed E-state index contributed by atoms with van der Waals surface area (Å²) in [5, 5.41) is 0. The second-order valence-electron chi connectivity index (χ2n) is 6.12. The Bertz CT molecular complexity index is 487. The van der Waals surface area contributed by atoms with Gasteiger partial charge in [-0.2, -0.15) is 13.2 Å². The van der Waals surface area contributed by atoms with Crippen molar-refractivity contribution < 1.29 is 13.2 Å². The summed E-state index contributed by atoms with van der Waals surface area (Å²) in [6.07, 6.45) is -0.673. The predicted molar refractivity (Wildman–Crippen MR) is 75.9 cm³/mol. The number of fused-ring (bicyclic) bond motifs is 1. The van der Waals surface area contributed by atoms with E-state index in [1.54, 1.807) is 6.07 Å². The van der Waals surface area contributed by atoms with Gasteiger partial charge in [0.05, 0.1) is 5.56 Å². The van der Waals surface area contributed by atoms with Crippen molar-refractivity contribution in [3.8, 4) is 0 Å². The molecule has 1 unspecified atom stereocenters. The van der Waals surface area contributed by atoms with Gasteiger partial charge in [-0.25, -0.2) is 0 Å². The minimum Gasteiger partial charge on any atom is -0.299 e. The topological polar surface area (TPSA) is 6.48 Å². The van der Waals surface area contributed by atoms with Gasteiger partial charge in [-0.05, 0) is 50.5 Å². The van der Waals surface area contributed by atoms with Crippen LogP contribution in [-0.2, 0) is 12.7 Å². The third-order valence-corrected chi connectivity index (χ3v) is 4.55. The highest BCUT2D eigenvalue weighted by Gasteiger charge is 2.31. The third kappa shape index (κ3) is 3.58. The number of nitrogens with zero attached hydrogens (tertiary/aromatic N) is 2. The van der Waals surface area contributed by atoms with Crippen LogP contribution in [-0.4, -0.2) is 42.0 Å². The van der Waals surface area contributed by atoms with Crippen LogP contribution < -0.4 is 0 Å². The van der Waals surface area contributed by atoms with Gasteiger partial charge in [0.25, 0.3) is 0 Å². The lowest BCUT2D eigenvalue weighted by Crippen LogP contribution is -2.36. The maximum absolute atomic E-state index is 12.8. The molecule has 0 radical (unpaired) electrons. The summed E-state index contributed by atoms with van der Waals surface area (Å²) in [6, 6.07) is 6.34. The van der Waals surface area contributed by atoms with Crippen LogP contribution in [0.3, 0.4) is 0 Å². The largest absolute Gasteiger partial charge is 0.416 e. The number of alkyl halides is 3. The molecule has 116 valence electrons. The molecule has 3 rings (SSSR count). The monoisotopic (exact) mass is 298 g/mol. The highest BCUT2D eigenvalue weighted by Crippen LogP contribution is 2.30. The normalized spacial score (nSPS) is 24.8. The lowest BCUT2D eigenvalue weighted by atomic mass is 10.1. The Morgan fingerprint density at radius 1 is 1.10 bits per heavy atom. The maximum Gasteiger partial charge on any atom is 0.416 e. The molecule has 2 nitrogen and oxygen atoms in total. The first-order valence-corrected chi connectivity index (χ1v) is 7.65. The zero-order valence-electron chi connectivity index (χ0n) is 12.1. The second-order valence-corrected chi connectivity index (χ2v) is 6.12. The second kappa shape index (κ2) is 5.97. The molecule has 2 saturated heterocycles. The summed E-state index contributed by atoms with van der Waals surface area (Å²) in [4.78, 5) is 4.84. The average molecular weight is 298 g/mol. The molecule has 2 fully saturated rings. The Hall–Kier alpha value is -1.07. The summed E-state index contributed by atoms with van der Waals surface area (Å²) < 4.78 is 38.3. The molecule has 1 aromatic carbocycles. The quantitative estimate of drug-likeness (QED) is 0.826. The van der Waals surface area contributed by atoms with Crippen LogP contribution in [0.15, 0.2) is 24.3 Å². The molecule has 0 amide bonds. The van der Waals surface area contributed by atoms with E-state index >= 15 is 0 Å². The van der Waals surface area contributed by atoms with Gasteiger partial charge in [0, 0.05) is 19.1 Å². The van der Waals surface area contributed by atoms with E-state index in [-0.39, 0.29) is 0 Å². The number of hydrogen-bond donors (Lipinski definition) is 0. The van der Waals surface area contributed by atoms with Gasteiger partial charge in [0.15, 0.2) is 0 Å². The van der Waals surface area contributed by atoms with Gasteiger partial charge in [0.1, 0.15) is 0 Å². The molecule has 21 heavy (non-hydrogen) atoms. The molecular weight excluding hydrogens is 277 g/mol. The van der Waals surface area contributed by atoms with Crippen LogP contribution in [0.2, 0.25) is 0 Å². The van der Waals surface area contributed by atoms with Crippen LogP contribution in [0.4, 0.5) is 13.2 Å². The Balaban J connectivity index is 1.68. The van der Waals surface area contributed by atoms with Crippen LogP contribution in [0, 0.1) is 0 Å². The van der Waals surface area contributed by atoms with Crippen molar-refractivity contribution in [3.05, 3.63) is 35.4 Å². The number of hydrogen-bond acceptors (Lipinski definition) is 2.